The SMILES string of the molecule is C[C@@H]1CN([C@H](C)CO)C(=O)c2cccc(NC(=O)c3nc4ccccc4s3)c2O[C@H]1CN(C)C(=O)Nc1ccccc1. The van der Waals surface area contributed by atoms with Crippen LogP contribution in [-0.4, -0.2) is 76.6 Å². The van der Waals surface area contributed by atoms with Crippen molar-refractivity contribution in [1.29, 1.82) is 0 Å². The second-order valence-electron chi connectivity index (χ2n) is 10.4. The summed E-state index contributed by atoms with van der Waals surface area (Å²) in [4.78, 5) is 47.6. The predicted molar refractivity (Wildman–Crippen MR) is 163 cm³/mol. The lowest BCUT2D eigenvalue weighted by atomic mass is 9.99. The van der Waals surface area contributed by atoms with Gasteiger partial charge in [0.25, 0.3) is 11.8 Å². The molecular formula is C31H33N5O5S. The van der Waals surface area contributed by atoms with E-state index in [9.17, 15) is 19.5 Å². The molecule has 0 saturated carbocycles. The van der Waals surface area contributed by atoms with E-state index in [-0.39, 0.29) is 47.3 Å². The summed E-state index contributed by atoms with van der Waals surface area (Å²) in [5.41, 5.74) is 1.96. The van der Waals surface area contributed by atoms with Gasteiger partial charge < -0.3 is 30.3 Å². The van der Waals surface area contributed by atoms with Gasteiger partial charge in [-0.2, -0.15) is 0 Å². The number of nitrogens with zero attached hydrogens (tertiary/aromatic N) is 3. The molecule has 42 heavy (non-hydrogen) atoms. The summed E-state index contributed by atoms with van der Waals surface area (Å²) in [6, 6.07) is 20.9. The molecular weight excluding hydrogens is 554 g/mol. The molecule has 218 valence electrons. The predicted octanol–water partition coefficient (Wildman–Crippen LogP) is 4.93. The van der Waals surface area contributed by atoms with Crippen LogP contribution in [0.5, 0.6) is 5.75 Å². The first-order valence-electron chi connectivity index (χ1n) is 13.7. The standard InChI is InChI=1S/C31H33N5O5S/c1-19-16-36(20(2)18-37)30(39)22-12-9-14-24(33-28(38)29-34-23-13-7-8-15-26(23)42-29)27(22)41-25(19)17-35(3)31(40)32-21-10-5-4-6-11-21/h4-15,19-20,25,37H,16-18H2,1-3H3,(H,32,40)(H,33,38)/t19-,20-,25+/m1/s1. The number of fused-ring (bicyclic) bond motifs is 2. The Bertz CT molecular complexity index is 1560. The van der Waals surface area contributed by atoms with Gasteiger partial charge in [0.2, 0.25) is 0 Å². The van der Waals surface area contributed by atoms with E-state index in [1.807, 2.05) is 49.4 Å². The number of urea groups is 1. The van der Waals surface area contributed by atoms with Crippen LogP contribution in [0, 0.1) is 5.92 Å². The minimum Gasteiger partial charge on any atom is -0.485 e. The number of hydrogen-bond donors (Lipinski definition) is 3. The second-order valence-corrected chi connectivity index (χ2v) is 11.5. The van der Waals surface area contributed by atoms with E-state index in [0.29, 0.717) is 17.9 Å². The van der Waals surface area contributed by atoms with Crippen molar-refractivity contribution in [2.75, 3.05) is 37.4 Å². The first kappa shape index (κ1) is 29.0. The number of anilines is 2. The summed E-state index contributed by atoms with van der Waals surface area (Å²) >= 11 is 1.27. The first-order valence-corrected chi connectivity index (χ1v) is 14.5. The van der Waals surface area contributed by atoms with E-state index in [2.05, 4.69) is 15.6 Å². The number of hydrogen-bond acceptors (Lipinski definition) is 7. The monoisotopic (exact) mass is 587 g/mol. The van der Waals surface area contributed by atoms with Gasteiger partial charge in [-0.25, -0.2) is 9.78 Å². The number of ether oxygens (including phenoxy) is 1. The minimum absolute atomic E-state index is 0.203. The number of nitrogens with one attached hydrogen (secondary N) is 2. The molecule has 0 spiro atoms. The Morgan fingerprint density at radius 2 is 1.83 bits per heavy atom. The Balaban J connectivity index is 1.45. The molecule has 0 saturated heterocycles. The minimum atomic E-state index is -0.544. The third-order valence-corrected chi connectivity index (χ3v) is 8.29. The van der Waals surface area contributed by atoms with E-state index in [4.69, 9.17) is 4.74 Å². The number of benzene rings is 3. The quantitative estimate of drug-likeness (QED) is 0.282. The number of para-hydroxylation sites is 3. The highest BCUT2D eigenvalue weighted by atomic mass is 32.1. The van der Waals surface area contributed by atoms with E-state index >= 15 is 0 Å². The molecule has 4 amide bonds. The fraction of sp³-hybridized carbons (Fsp3) is 0.290. The maximum atomic E-state index is 13.7. The summed E-state index contributed by atoms with van der Waals surface area (Å²) in [6.07, 6.45) is -0.544. The van der Waals surface area contributed by atoms with Crippen LogP contribution in [-0.2, 0) is 0 Å². The highest BCUT2D eigenvalue weighted by molar-refractivity contribution is 7.20. The van der Waals surface area contributed by atoms with E-state index < -0.39 is 18.1 Å². The fourth-order valence-corrected chi connectivity index (χ4v) is 5.66. The van der Waals surface area contributed by atoms with Crippen molar-refractivity contribution < 1.29 is 24.2 Å². The van der Waals surface area contributed by atoms with Crippen molar-refractivity contribution in [3.8, 4) is 5.75 Å². The molecule has 0 radical (unpaired) electrons. The van der Waals surface area contributed by atoms with Gasteiger partial charge in [-0.1, -0.05) is 43.3 Å². The summed E-state index contributed by atoms with van der Waals surface area (Å²) < 4.78 is 7.40. The van der Waals surface area contributed by atoms with Crippen LogP contribution in [0.4, 0.5) is 16.2 Å². The third kappa shape index (κ3) is 6.22. The van der Waals surface area contributed by atoms with Crippen molar-refractivity contribution in [2.45, 2.75) is 26.0 Å². The lowest BCUT2D eigenvalue weighted by Gasteiger charge is -2.38. The van der Waals surface area contributed by atoms with Gasteiger partial charge in [0, 0.05) is 25.2 Å². The largest absolute Gasteiger partial charge is 0.485 e. The molecule has 10 nitrogen and oxygen atoms in total. The van der Waals surface area contributed by atoms with Crippen molar-refractivity contribution in [3.63, 3.8) is 0 Å². The number of aliphatic hydroxyl groups is 1. The Morgan fingerprint density at radius 1 is 1.10 bits per heavy atom. The molecule has 1 aromatic heterocycles. The van der Waals surface area contributed by atoms with Gasteiger partial charge in [-0.3, -0.25) is 9.59 Å². The Morgan fingerprint density at radius 3 is 2.57 bits per heavy atom. The molecule has 3 atom stereocenters. The molecule has 0 aliphatic carbocycles. The van der Waals surface area contributed by atoms with Crippen LogP contribution in [0.2, 0.25) is 0 Å². The zero-order valence-corrected chi connectivity index (χ0v) is 24.4. The topological polar surface area (TPSA) is 124 Å². The third-order valence-electron chi connectivity index (χ3n) is 7.25. The molecule has 5 rings (SSSR count). The normalized spacial score (nSPS) is 17.4. The molecule has 4 aromatic rings. The van der Waals surface area contributed by atoms with Crippen molar-refractivity contribution >= 4 is 50.8 Å². The Labute approximate surface area is 247 Å². The number of carbonyl (C=O) groups is 3. The average molecular weight is 588 g/mol. The van der Waals surface area contributed by atoms with Crippen LogP contribution in [0.15, 0.2) is 72.8 Å². The van der Waals surface area contributed by atoms with Crippen LogP contribution >= 0.6 is 11.3 Å². The molecule has 3 N–H and O–H groups in total. The number of amides is 4. The van der Waals surface area contributed by atoms with Gasteiger partial charge in [-0.05, 0) is 43.3 Å². The van der Waals surface area contributed by atoms with Crippen LogP contribution < -0.4 is 15.4 Å². The van der Waals surface area contributed by atoms with Crippen molar-refractivity contribution in [1.82, 2.24) is 14.8 Å². The number of aliphatic hydroxyl groups excluding tert-OH is 1. The fourth-order valence-electron chi connectivity index (χ4n) is 4.80. The van der Waals surface area contributed by atoms with Gasteiger partial charge in [-0.15, -0.1) is 11.3 Å². The number of carbonyl (C=O) groups excluding carboxylic acids is 3. The molecule has 0 bridgehead atoms. The molecule has 1 aliphatic heterocycles. The number of likely N-dealkylation sites (N-methyl/N-ethyl adjacent to an activating group) is 1. The molecule has 2 heterocycles. The van der Waals surface area contributed by atoms with Crippen LogP contribution in [0.1, 0.15) is 34.0 Å². The highest BCUT2D eigenvalue weighted by Crippen LogP contribution is 2.35. The molecule has 1 aliphatic rings. The average Bonchev–Trinajstić information content (AvgIpc) is 3.44. The zero-order chi connectivity index (χ0) is 29.8. The Kier molecular flexibility index (Phi) is 8.69. The maximum Gasteiger partial charge on any atom is 0.321 e. The van der Waals surface area contributed by atoms with E-state index in [1.54, 1.807) is 49.2 Å². The zero-order valence-electron chi connectivity index (χ0n) is 23.6. The number of aromatic nitrogens is 1. The highest BCUT2D eigenvalue weighted by Gasteiger charge is 2.35. The maximum absolute atomic E-state index is 13.7. The lowest BCUT2D eigenvalue weighted by molar-refractivity contribution is 0.0372. The smallest absolute Gasteiger partial charge is 0.321 e. The Hall–Kier alpha value is -4.48. The lowest BCUT2D eigenvalue weighted by Crippen LogP contribution is -2.50. The molecule has 0 unspecified atom stereocenters. The van der Waals surface area contributed by atoms with Gasteiger partial charge in [0.15, 0.2) is 10.8 Å². The van der Waals surface area contributed by atoms with E-state index in [1.165, 1.54) is 16.2 Å². The van der Waals surface area contributed by atoms with Crippen LogP contribution in [0.3, 0.4) is 0 Å². The molecule has 0 fully saturated rings. The summed E-state index contributed by atoms with van der Waals surface area (Å²) in [7, 11) is 1.67. The van der Waals surface area contributed by atoms with Gasteiger partial charge in [0.05, 0.1) is 40.7 Å². The summed E-state index contributed by atoms with van der Waals surface area (Å²) in [6.45, 7) is 4.01. The van der Waals surface area contributed by atoms with Gasteiger partial charge >= 0.3 is 6.03 Å². The van der Waals surface area contributed by atoms with Crippen molar-refractivity contribution in [3.05, 3.63) is 83.4 Å². The van der Waals surface area contributed by atoms with E-state index in [0.717, 1.165) is 10.2 Å². The molecule has 3 aromatic carbocycles. The summed E-state index contributed by atoms with van der Waals surface area (Å²) in [5.74, 6) is -0.757. The number of thiazole rings is 1. The second kappa shape index (κ2) is 12.6. The van der Waals surface area contributed by atoms with Crippen molar-refractivity contribution in [2.24, 2.45) is 5.92 Å². The number of rotatable bonds is 7. The molecule has 11 heteroatoms. The van der Waals surface area contributed by atoms with Crippen LogP contribution in [0.25, 0.3) is 10.2 Å². The first-order chi connectivity index (χ1) is 20.2. The van der Waals surface area contributed by atoms with Gasteiger partial charge in [0.1, 0.15) is 6.10 Å². The summed E-state index contributed by atoms with van der Waals surface area (Å²) in [5, 5.41) is 16.0.